The normalized spacial score (nSPS) is 20.3. The Labute approximate surface area is 94.5 Å². The van der Waals surface area contributed by atoms with E-state index in [0.717, 1.165) is 37.9 Å². The lowest BCUT2D eigenvalue weighted by Gasteiger charge is -2.32. The van der Waals surface area contributed by atoms with Crippen molar-refractivity contribution in [3.05, 3.63) is 16.6 Å². The summed E-state index contributed by atoms with van der Waals surface area (Å²) in [7, 11) is 0. The van der Waals surface area contributed by atoms with Crippen molar-refractivity contribution in [3.8, 4) is 0 Å². The molecule has 84 valence electrons. The molecule has 4 heteroatoms. The second-order valence-corrected chi connectivity index (χ2v) is 5.09. The van der Waals surface area contributed by atoms with E-state index in [2.05, 4.69) is 10.3 Å². The summed E-state index contributed by atoms with van der Waals surface area (Å²) >= 11 is 1.61. The number of nitrogens with one attached hydrogen (secondary N) is 1. The summed E-state index contributed by atoms with van der Waals surface area (Å²) in [6, 6.07) is 0. The summed E-state index contributed by atoms with van der Waals surface area (Å²) in [5.41, 5.74) is 2.44. The quantitative estimate of drug-likeness (QED) is 0.824. The van der Waals surface area contributed by atoms with Gasteiger partial charge in [-0.1, -0.05) is 19.3 Å². The summed E-state index contributed by atoms with van der Waals surface area (Å²) in [6.45, 7) is 1.47. The molecule has 0 bridgehead atoms. The minimum Gasteiger partial charge on any atom is -0.389 e. The van der Waals surface area contributed by atoms with Gasteiger partial charge in [-0.25, -0.2) is 4.98 Å². The summed E-state index contributed by atoms with van der Waals surface area (Å²) in [5, 5.41) is 15.6. The van der Waals surface area contributed by atoms with Crippen molar-refractivity contribution in [1.29, 1.82) is 0 Å². The van der Waals surface area contributed by atoms with Crippen molar-refractivity contribution in [2.24, 2.45) is 0 Å². The number of hydrogen-bond donors (Lipinski definition) is 2. The lowest BCUT2D eigenvalue weighted by molar-refractivity contribution is 0.00463. The molecule has 1 aromatic rings. The Hall–Kier alpha value is -0.450. The van der Waals surface area contributed by atoms with Gasteiger partial charge in [-0.2, -0.15) is 0 Å². The first kappa shape index (κ1) is 11.0. The van der Waals surface area contributed by atoms with Gasteiger partial charge >= 0.3 is 0 Å². The minimum atomic E-state index is -0.464. The van der Waals surface area contributed by atoms with Crippen LogP contribution in [-0.2, 0) is 6.54 Å². The molecule has 15 heavy (non-hydrogen) atoms. The maximum atomic E-state index is 10.2. The zero-order valence-corrected chi connectivity index (χ0v) is 9.72. The Balaban J connectivity index is 1.72. The molecule has 2 N–H and O–H groups in total. The van der Waals surface area contributed by atoms with Crippen molar-refractivity contribution in [3.63, 3.8) is 0 Å². The van der Waals surface area contributed by atoms with Crippen molar-refractivity contribution in [2.45, 2.75) is 44.2 Å². The first-order valence-electron chi connectivity index (χ1n) is 5.59. The lowest BCUT2D eigenvalue weighted by atomic mass is 9.85. The molecule has 0 aromatic carbocycles. The summed E-state index contributed by atoms with van der Waals surface area (Å²) in [4.78, 5) is 4.20. The maximum Gasteiger partial charge on any atom is 0.0795 e. The molecule has 0 aliphatic heterocycles. The molecule has 0 unspecified atom stereocenters. The van der Waals surface area contributed by atoms with Crippen LogP contribution in [0.1, 0.15) is 37.8 Å². The van der Waals surface area contributed by atoms with Gasteiger partial charge in [0.1, 0.15) is 0 Å². The van der Waals surface area contributed by atoms with Crippen LogP contribution in [0.15, 0.2) is 10.9 Å². The molecule has 0 saturated heterocycles. The van der Waals surface area contributed by atoms with E-state index in [4.69, 9.17) is 0 Å². The highest BCUT2D eigenvalue weighted by Gasteiger charge is 2.28. The van der Waals surface area contributed by atoms with Crippen molar-refractivity contribution in [2.75, 3.05) is 6.54 Å². The van der Waals surface area contributed by atoms with Gasteiger partial charge in [0, 0.05) is 18.5 Å². The lowest BCUT2D eigenvalue weighted by Crippen LogP contribution is -2.41. The fourth-order valence-electron chi connectivity index (χ4n) is 2.13. The van der Waals surface area contributed by atoms with Crippen LogP contribution in [0.2, 0.25) is 0 Å². The summed E-state index contributed by atoms with van der Waals surface area (Å²) in [6.07, 6.45) is 5.48. The highest BCUT2D eigenvalue weighted by atomic mass is 32.1. The van der Waals surface area contributed by atoms with Crippen LogP contribution in [0.25, 0.3) is 0 Å². The topological polar surface area (TPSA) is 45.1 Å². The van der Waals surface area contributed by atoms with Gasteiger partial charge in [0.15, 0.2) is 0 Å². The highest BCUT2D eigenvalue weighted by Crippen LogP contribution is 2.27. The third-order valence-electron chi connectivity index (χ3n) is 3.03. The average Bonchev–Trinajstić information content (AvgIpc) is 2.71. The smallest absolute Gasteiger partial charge is 0.0795 e. The Kier molecular flexibility index (Phi) is 3.72. The van der Waals surface area contributed by atoms with Crippen LogP contribution < -0.4 is 5.32 Å². The molecule has 1 aromatic heterocycles. The van der Waals surface area contributed by atoms with Crippen molar-refractivity contribution in [1.82, 2.24) is 10.3 Å². The largest absolute Gasteiger partial charge is 0.389 e. The fraction of sp³-hybridized carbons (Fsp3) is 0.727. The maximum absolute atomic E-state index is 10.2. The van der Waals surface area contributed by atoms with E-state index in [1.54, 1.807) is 11.3 Å². The molecule has 1 fully saturated rings. The van der Waals surface area contributed by atoms with Crippen LogP contribution in [0.5, 0.6) is 0 Å². The van der Waals surface area contributed by atoms with E-state index in [1.165, 1.54) is 6.42 Å². The second kappa shape index (κ2) is 5.05. The number of rotatable bonds is 4. The number of hydrogen-bond acceptors (Lipinski definition) is 4. The Bertz CT molecular complexity index is 281. The number of aliphatic hydroxyl groups is 1. The minimum absolute atomic E-state index is 0.464. The number of nitrogens with zero attached hydrogens (tertiary/aromatic N) is 1. The molecule has 0 radical (unpaired) electrons. The monoisotopic (exact) mass is 226 g/mol. The Morgan fingerprint density at radius 2 is 2.20 bits per heavy atom. The van der Waals surface area contributed by atoms with Crippen LogP contribution in [0, 0.1) is 0 Å². The standard InChI is InChI=1S/C11H18N2OS/c14-11(4-2-1-3-5-11)8-12-6-10-7-15-9-13-10/h7,9,12,14H,1-6,8H2. The summed E-state index contributed by atoms with van der Waals surface area (Å²) in [5.74, 6) is 0. The van der Waals surface area contributed by atoms with Gasteiger partial charge in [0.25, 0.3) is 0 Å². The molecule has 1 aliphatic carbocycles. The van der Waals surface area contributed by atoms with Crippen LogP contribution >= 0.6 is 11.3 Å². The van der Waals surface area contributed by atoms with Gasteiger partial charge < -0.3 is 10.4 Å². The predicted octanol–water partition coefficient (Wildman–Crippen LogP) is 1.93. The van der Waals surface area contributed by atoms with Crippen LogP contribution in [-0.4, -0.2) is 22.2 Å². The second-order valence-electron chi connectivity index (χ2n) is 4.37. The zero-order chi connectivity index (χ0) is 10.6. The molecule has 1 aliphatic rings. The third kappa shape index (κ3) is 3.26. The van der Waals surface area contributed by atoms with Crippen LogP contribution in [0.3, 0.4) is 0 Å². The van der Waals surface area contributed by atoms with E-state index in [1.807, 2.05) is 10.9 Å². The molecule has 0 atom stereocenters. The SMILES string of the molecule is OC1(CNCc2cscn2)CCCCC1. The molecule has 0 amide bonds. The Morgan fingerprint density at radius 3 is 2.87 bits per heavy atom. The first-order chi connectivity index (χ1) is 7.29. The van der Waals surface area contributed by atoms with Crippen molar-refractivity contribution < 1.29 is 5.11 Å². The molecular weight excluding hydrogens is 208 g/mol. The van der Waals surface area contributed by atoms with Crippen molar-refractivity contribution >= 4 is 11.3 Å². The highest BCUT2D eigenvalue weighted by molar-refractivity contribution is 7.07. The molecule has 2 rings (SSSR count). The van der Waals surface area contributed by atoms with Gasteiger partial charge in [-0.3, -0.25) is 0 Å². The van der Waals surface area contributed by atoms with E-state index in [0.29, 0.717) is 6.54 Å². The first-order valence-corrected chi connectivity index (χ1v) is 6.53. The molecule has 1 heterocycles. The zero-order valence-electron chi connectivity index (χ0n) is 8.91. The molecule has 0 spiro atoms. The number of thiazole rings is 1. The summed E-state index contributed by atoms with van der Waals surface area (Å²) < 4.78 is 0. The average molecular weight is 226 g/mol. The Morgan fingerprint density at radius 1 is 1.40 bits per heavy atom. The third-order valence-corrected chi connectivity index (χ3v) is 3.66. The van der Waals surface area contributed by atoms with Gasteiger partial charge in [-0.05, 0) is 12.8 Å². The predicted molar refractivity (Wildman–Crippen MR) is 61.9 cm³/mol. The number of aromatic nitrogens is 1. The molecule has 3 nitrogen and oxygen atoms in total. The fourth-order valence-corrected chi connectivity index (χ4v) is 2.69. The van der Waals surface area contributed by atoms with E-state index in [9.17, 15) is 5.11 Å². The van der Waals surface area contributed by atoms with Gasteiger partial charge in [0.2, 0.25) is 0 Å². The van der Waals surface area contributed by atoms with Crippen LogP contribution in [0.4, 0.5) is 0 Å². The van der Waals surface area contributed by atoms with Gasteiger partial charge in [0.05, 0.1) is 16.8 Å². The molecular formula is C11H18N2OS. The van der Waals surface area contributed by atoms with E-state index < -0.39 is 5.60 Å². The van der Waals surface area contributed by atoms with Gasteiger partial charge in [-0.15, -0.1) is 11.3 Å². The molecule has 1 saturated carbocycles. The van der Waals surface area contributed by atoms with E-state index >= 15 is 0 Å². The van der Waals surface area contributed by atoms with E-state index in [-0.39, 0.29) is 0 Å².